The van der Waals surface area contributed by atoms with Crippen molar-refractivity contribution in [3.8, 4) is 5.82 Å². The summed E-state index contributed by atoms with van der Waals surface area (Å²) in [5.41, 5.74) is -1.45. The first-order valence-corrected chi connectivity index (χ1v) is 7.90. The van der Waals surface area contributed by atoms with E-state index in [1.165, 1.54) is 4.68 Å². The number of aromatic nitrogens is 5. The van der Waals surface area contributed by atoms with Crippen LogP contribution in [0.1, 0.15) is 37.0 Å². The van der Waals surface area contributed by atoms with Crippen molar-refractivity contribution in [2.24, 2.45) is 0 Å². The average Bonchev–Trinajstić information content (AvgIpc) is 3.01. The van der Waals surface area contributed by atoms with Gasteiger partial charge in [-0.25, -0.2) is 9.97 Å². The molecule has 3 rings (SSSR count). The molecule has 0 bridgehead atoms. The van der Waals surface area contributed by atoms with Crippen molar-refractivity contribution in [2.75, 3.05) is 0 Å². The second-order valence-corrected chi connectivity index (χ2v) is 6.02. The molecule has 0 radical (unpaired) electrons. The van der Waals surface area contributed by atoms with Gasteiger partial charge in [0, 0.05) is 24.4 Å². The standard InChI is InChI=1S/C17H16F3N5O/c1-11(2)16-22-14(25(23-16)13-5-3-4-8-21-13)10-24-9-12(17(18,19)20)6-7-15(24)26/h3-9,11H,10H2,1-2H3. The summed E-state index contributed by atoms with van der Waals surface area (Å²) < 4.78 is 41.2. The van der Waals surface area contributed by atoms with Crippen molar-refractivity contribution >= 4 is 0 Å². The molecule has 0 spiro atoms. The highest BCUT2D eigenvalue weighted by atomic mass is 19.4. The Morgan fingerprint density at radius 3 is 2.54 bits per heavy atom. The van der Waals surface area contributed by atoms with Crippen LogP contribution >= 0.6 is 0 Å². The Morgan fingerprint density at radius 1 is 1.15 bits per heavy atom. The number of nitrogens with zero attached hydrogens (tertiary/aromatic N) is 5. The summed E-state index contributed by atoms with van der Waals surface area (Å²) in [4.78, 5) is 20.6. The third kappa shape index (κ3) is 3.66. The lowest BCUT2D eigenvalue weighted by molar-refractivity contribution is -0.138. The molecule has 0 aliphatic carbocycles. The Bertz CT molecular complexity index is 961. The van der Waals surface area contributed by atoms with E-state index in [2.05, 4.69) is 15.1 Å². The van der Waals surface area contributed by atoms with Crippen LogP contribution < -0.4 is 5.56 Å². The van der Waals surface area contributed by atoms with Gasteiger partial charge in [-0.05, 0) is 18.2 Å². The summed E-state index contributed by atoms with van der Waals surface area (Å²) in [5, 5.41) is 4.38. The summed E-state index contributed by atoms with van der Waals surface area (Å²) >= 11 is 0. The van der Waals surface area contributed by atoms with Crippen molar-refractivity contribution < 1.29 is 13.2 Å². The molecule has 0 unspecified atom stereocenters. The fourth-order valence-electron chi connectivity index (χ4n) is 2.35. The van der Waals surface area contributed by atoms with E-state index in [1.807, 2.05) is 13.8 Å². The van der Waals surface area contributed by atoms with Crippen molar-refractivity contribution in [2.45, 2.75) is 32.5 Å². The molecular formula is C17H16F3N5O. The SMILES string of the molecule is CC(C)c1nc(Cn2cc(C(F)(F)F)ccc2=O)n(-c2ccccn2)n1. The smallest absolute Gasteiger partial charge is 0.307 e. The van der Waals surface area contributed by atoms with Gasteiger partial charge in [0.2, 0.25) is 0 Å². The average molecular weight is 363 g/mol. The molecule has 0 aromatic carbocycles. The van der Waals surface area contributed by atoms with Crippen LogP contribution in [-0.4, -0.2) is 24.3 Å². The van der Waals surface area contributed by atoms with Gasteiger partial charge in [0.15, 0.2) is 17.5 Å². The number of halogens is 3. The second kappa shape index (κ2) is 6.74. The Labute approximate surface area is 147 Å². The summed E-state index contributed by atoms with van der Waals surface area (Å²) in [6, 6.07) is 6.87. The highest BCUT2D eigenvalue weighted by molar-refractivity contribution is 5.23. The normalized spacial score (nSPS) is 11.9. The quantitative estimate of drug-likeness (QED) is 0.715. The third-order valence-electron chi connectivity index (χ3n) is 3.70. The second-order valence-electron chi connectivity index (χ2n) is 6.02. The number of hydrogen-bond donors (Lipinski definition) is 0. The predicted molar refractivity (Wildman–Crippen MR) is 88.0 cm³/mol. The van der Waals surface area contributed by atoms with Crippen LogP contribution in [-0.2, 0) is 12.7 Å². The number of pyridine rings is 2. The van der Waals surface area contributed by atoms with Crippen LogP contribution in [0.2, 0.25) is 0 Å². The van der Waals surface area contributed by atoms with Gasteiger partial charge < -0.3 is 4.57 Å². The molecule has 0 fully saturated rings. The molecule has 3 aromatic heterocycles. The maximum absolute atomic E-state index is 12.9. The van der Waals surface area contributed by atoms with Gasteiger partial charge in [-0.3, -0.25) is 4.79 Å². The molecule has 0 saturated heterocycles. The molecule has 0 aliphatic rings. The van der Waals surface area contributed by atoms with E-state index in [-0.39, 0.29) is 12.5 Å². The maximum atomic E-state index is 12.9. The Hall–Kier alpha value is -2.97. The maximum Gasteiger partial charge on any atom is 0.417 e. The van der Waals surface area contributed by atoms with E-state index >= 15 is 0 Å². The van der Waals surface area contributed by atoms with Crippen molar-refractivity contribution in [1.29, 1.82) is 0 Å². The van der Waals surface area contributed by atoms with Gasteiger partial charge in [-0.1, -0.05) is 19.9 Å². The van der Waals surface area contributed by atoms with Gasteiger partial charge in [0.1, 0.15) is 0 Å². The Balaban J connectivity index is 2.07. The zero-order valence-electron chi connectivity index (χ0n) is 14.1. The van der Waals surface area contributed by atoms with Crippen LogP contribution in [0.4, 0.5) is 13.2 Å². The van der Waals surface area contributed by atoms with Gasteiger partial charge in [0.25, 0.3) is 5.56 Å². The first-order chi connectivity index (χ1) is 12.3. The van der Waals surface area contributed by atoms with Crippen LogP contribution in [0, 0.1) is 0 Å². The number of hydrogen-bond acceptors (Lipinski definition) is 4. The van der Waals surface area contributed by atoms with E-state index in [4.69, 9.17) is 0 Å². The molecule has 0 aliphatic heterocycles. The molecule has 0 N–H and O–H groups in total. The van der Waals surface area contributed by atoms with Gasteiger partial charge in [-0.15, -0.1) is 5.10 Å². The fraction of sp³-hybridized carbons (Fsp3) is 0.294. The van der Waals surface area contributed by atoms with Crippen molar-refractivity contribution in [3.63, 3.8) is 0 Å². The van der Waals surface area contributed by atoms with Gasteiger partial charge in [0.05, 0.1) is 12.1 Å². The molecule has 0 amide bonds. The highest BCUT2D eigenvalue weighted by Gasteiger charge is 2.31. The van der Waals surface area contributed by atoms with Crippen molar-refractivity contribution in [1.82, 2.24) is 24.3 Å². The number of rotatable bonds is 4. The lowest BCUT2D eigenvalue weighted by Gasteiger charge is -2.11. The molecule has 9 heteroatoms. The first-order valence-electron chi connectivity index (χ1n) is 7.90. The summed E-state index contributed by atoms with van der Waals surface area (Å²) in [5.74, 6) is 1.33. The molecule has 136 valence electrons. The lowest BCUT2D eigenvalue weighted by Crippen LogP contribution is -2.23. The molecule has 3 heterocycles. The first kappa shape index (κ1) is 17.8. The molecule has 26 heavy (non-hydrogen) atoms. The van der Waals surface area contributed by atoms with Crippen LogP contribution in [0.15, 0.2) is 47.5 Å². The van der Waals surface area contributed by atoms with Crippen LogP contribution in [0.5, 0.6) is 0 Å². The number of alkyl halides is 3. The molecule has 0 atom stereocenters. The topological polar surface area (TPSA) is 65.6 Å². The molecule has 6 nitrogen and oxygen atoms in total. The summed E-state index contributed by atoms with van der Waals surface area (Å²) in [6.45, 7) is 3.65. The predicted octanol–water partition coefficient (Wildman–Crippen LogP) is 3.01. The van der Waals surface area contributed by atoms with Crippen LogP contribution in [0.3, 0.4) is 0 Å². The Kier molecular flexibility index (Phi) is 4.62. The summed E-state index contributed by atoms with van der Waals surface area (Å²) in [6.07, 6.45) is -2.17. The van der Waals surface area contributed by atoms with Gasteiger partial charge >= 0.3 is 6.18 Å². The molecule has 3 aromatic rings. The molecular weight excluding hydrogens is 347 g/mol. The van der Waals surface area contributed by atoms with E-state index in [0.29, 0.717) is 17.5 Å². The minimum Gasteiger partial charge on any atom is -0.307 e. The molecule has 0 saturated carbocycles. The van der Waals surface area contributed by atoms with Crippen molar-refractivity contribution in [3.05, 3.63) is 70.3 Å². The van der Waals surface area contributed by atoms with E-state index < -0.39 is 17.3 Å². The van der Waals surface area contributed by atoms with E-state index in [9.17, 15) is 18.0 Å². The summed E-state index contributed by atoms with van der Waals surface area (Å²) in [7, 11) is 0. The minimum atomic E-state index is -4.53. The Morgan fingerprint density at radius 2 is 1.92 bits per heavy atom. The largest absolute Gasteiger partial charge is 0.417 e. The lowest BCUT2D eigenvalue weighted by atomic mass is 10.2. The zero-order valence-corrected chi connectivity index (χ0v) is 14.1. The van der Waals surface area contributed by atoms with E-state index in [0.717, 1.165) is 22.9 Å². The van der Waals surface area contributed by atoms with Gasteiger partial charge in [-0.2, -0.15) is 17.9 Å². The third-order valence-corrected chi connectivity index (χ3v) is 3.70. The fourth-order valence-corrected chi connectivity index (χ4v) is 2.35. The highest BCUT2D eigenvalue weighted by Crippen LogP contribution is 2.28. The minimum absolute atomic E-state index is 0.0111. The van der Waals surface area contributed by atoms with Crippen LogP contribution in [0.25, 0.3) is 5.82 Å². The monoisotopic (exact) mass is 363 g/mol. The zero-order chi connectivity index (χ0) is 18.9. The van der Waals surface area contributed by atoms with E-state index in [1.54, 1.807) is 24.4 Å².